The van der Waals surface area contributed by atoms with Gasteiger partial charge in [0.1, 0.15) is 0 Å². The van der Waals surface area contributed by atoms with E-state index < -0.39 is 10.0 Å². The van der Waals surface area contributed by atoms with Crippen molar-refractivity contribution in [3.8, 4) is 0 Å². The van der Waals surface area contributed by atoms with Crippen LogP contribution in [0.25, 0.3) is 0 Å². The minimum absolute atomic E-state index is 0.0588. The fourth-order valence-corrected chi connectivity index (χ4v) is 6.36. The molecule has 0 aliphatic carbocycles. The van der Waals surface area contributed by atoms with E-state index >= 15 is 0 Å². The molecule has 0 spiro atoms. The average Bonchev–Trinajstić information content (AvgIpc) is 3.33. The lowest BCUT2D eigenvalue weighted by atomic mass is 10.1. The molecular formula is C25H24N2O3S. The van der Waals surface area contributed by atoms with E-state index in [1.807, 2.05) is 62.4 Å². The summed E-state index contributed by atoms with van der Waals surface area (Å²) in [5.41, 5.74) is 5.23. The molecule has 5 nitrogen and oxygen atoms in total. The van der Waals surface area contributed by atoms with Gasteiger partial charge in [0.15, 0.2) is 0 Å². The highest BCUT2D eigenvalue weighted by Gasteiger charge is 2.37. The highest BCUT2D eigenvalue weighted by molar-refractivity contribution is 7.92. The number of para-hydroxylation sites is 1. The van der Waals surface area contributed by atoms with E-state index in [4.69, 9.17) is 0 Å². The van der Waals surface area contributed by atoms with Gasteiger partial charge in [0.25, 0.3) is 15.9 Å². The Bertz CT molecular complexity index is 1280. The van der Waals surface area contributed by atoms with Gasteiger partial charge in [0, 0.05) is 23.8 Å². The van der Waals surface area contributed by atoms with Crippen LogP contribution in [0.3, 0.4) is 0 Å². The molecule has 0 N–H and O–H groups in total. The Hall–Kier alpha value is -3.12. The fourth-order valence-electron chi connectivity index (χ4n) is 4.62. The number of benzene rings is 3. The predicted molar refractivity (Wildman–Crippen MR) is 122 cm³/mol. The van der Waals surface area contributed by atoms with Crippen LogP contribution in [0, 0.1) is 6.92 Å². The van der Waals surface area contributed by atoms with E-state index in [1.165, 1.54) is 4.31 Å². The van der Waals surface area contributed by atoms with Crippen LogP contribution in [0.4, 0.5) is 11.4 Å². The highest BCUT2D eigenvalue weighted by atomic mass is 32.2. The first-order valence-corrected chi connectivity index (χ1v) is 11.9. The monoisotopic (exact) mass is 432 g/mol. The number of aryl methyl sites for hydroxylation is 1. The Morgan fingerprint density at radius 2 is 1.68 bits per heavy atom. The summed E-state index contributed by atoms with van der Waals surface area (Å²) < 4.78 is 28.6. The molecule has 2 heterocycles. The average molecular weight is 433 g/mol. The third-order valence-electron chi connectivity index (χ3n) is 6.19. The van der Waals surface area contributed by atoms with Gasteiger partial charge < -0.3 is 4.90 Å². The maximum atomic E-state index is 13.5. The number of carbonyl (C=O) groups is 1. The third kappa shape index (κ3) is 3.22. The molecule has 0 saturated heterocycles. The summed E-state index contributed by atoms with van der Waals surface area (Å²) in [6, 6.07) is 20.2. The smallest absolute Gasteiger partial charge is 0.264 e. The fraction of sp³-hybridized carbons (Fsp3) is 0.240. The van der Waals surface area contributed by atoms with Crippen LogP contribution in [0.2, 0.25) is 0 Å². The number of rotatable bonds is 3. The number of amides is 1. The molecule has 1 amide bonds. The van der Waals surface area contributed by atoms with Gasteiger partial charge in [-0.2, -0.15) is 0 Å². The summed E-state index contributed by atoms with van der Waals surface area (Å²) in [5.74, 6) is -0.0588. The van der Waals surface area contributed by atoms with Gasteiger partial charge >= 0.3 is 0 Å². The van der Waals surface area contributed by atoms with Gasteiger partial charge in [0.2, 0.25) is 0 Å². The van der Waals surface area contributed by atoms with Crippen LogP contribution in [-0.2, 0) is 22.9 Å². The van der Waals surface area contributed by atoms with Crippen LogP contribution < -0.4 is 9.21 Å². The van der Waals surface area contributed by atoms with Crippen molar-refractivity contribution < 1.29 is 13.2 Å². The number of sulfonamides is 1. The van der Waals surface area contributed by atoms with Gasteiger partial charge in [-0.25, -0.2) is 8.42 Å². The molecule has 31 heavy (non-hydrogen) atoms. The van der Waals surface area contributed by atoms with Crippen molar-refractivity contribution in [1.29, 1.82) is 0 Å². The number of fused-ring (bicyclic) bond motifs is 2. The minimum atomic E-state index is -3.69. The second-order valence-electron chi connectivity index (χ2n) is 8.35. The molecule has 5 rings (SSSR count). The molecule has 6 heteroatoms. The summed E-state index contributed by atoms with van der Waals surface area (Å²) in [4.78, 5) is 15.0. The van der Waals surface area contributed by atoms with Crippen LogP contribution in [-0.4, -0.2) is 26.9 Å². The summed E-state index contributed by atoms with van der Waals surface area (Å²) in [6.07, 6.45) is 1.35. The molecular weight excluding hydrogens is 408 g/mol. The lowest BCUT2D eigenvalue weighted by Gasteiger charge is -2.25. The second-order valence-corrected chi connectivity index (χ2v) is 10.2. The second kappa shape index (κ2) is 7.24. The number of hydrogen-bond acceptors (Lipinski definition) is 3. The molecule has 0 unspecified atom stereocenters. The van der Waals surface area contributed by atoms with E-state index in [9.17, 15) is 13.2 Å². The van der Waals surface area contributed by atoms with Crippen LogP contribution in [0.15, 0.2) is 71.6 Å². The van der Waals surface area contributed by atoms with E-state index in [-0.39, 0.29) is 16.8 Å². The van der Waals surface area contributed by atoms with E-state index in [0.717, 1.165) is 28.1 Å². The zero-order valence-electron chi connectivity index (χ0n) is 17.6. The first-order valence-electron chi connectivity index (χ1n) is 10.5. The Morgan fingerprint density at radius 1 is 0.935 bits per heavy atom. The normalized spacial score (nSPS) is 17.5. The molecule has 2 aliphatic heterocycles. The van der Waals surface area contributed by atoms with Gasteiger partial charge in [-0.1, -0.05) is 35.9 Å². The van der Waals surface area contributed by atoms with Crippen molar-refractivity contribution in [2.45, 2.75) is 37.6 Å². The molecule has 0 saturated carbocycles. The van der Waals surface area contributed by atoms with Crippen molar-refractivity contribution in [1.82, 2.24) is 0 Å². The minimum Gasteiger partial charge on any atom is -0.308 e. The molecule has 0 radical (unpaired) electrons. The molecule has 2 aliphatic rings. The number of nitrogens with zero attached hydrogens (tertiary/aromatic N) is 2. The Kier molecular flexibility index (Phi) is 4.63. The van der Waals surface area contributed by atoms with Gasteiger partial charge in [0.05, 0.1) is 10.6 Å². The van der Waals surface area contributed by atoms with E-state index in [0.29, 0.717) is 24.9 Å². The Morgan fingerprint density at radius 3 is 2.45 bits per heavy atom. The number of carbonyl (C=O) groups excluding carboxylic acids is 1. The van der Waals surface area contributed by atoms with Gasteiger partial charge in [-0.3, -0.25) is 9.10 Å². The van der Waals surface area contributed by atoms with Crippen LogP contribution in [0.5, 0.6) is 0 Å². The SMILES string of the molecule is Cc1ccc(C(=O)N2CCc3cc(S(=O)(=O)N4c5ccccc5C[C@@H]4C)ccc32)cc1. The predicted octanol–water partition coefficient (Wildman–Crippen LogP) is 4.34. The zero-order chi connectivity index (χ0) is 21.8. The number of hydrogen-bond donors (Lipinski definition) is 0. The Labute approximate surface area is 183 Å². The molecule has 3 aromatic carbocycles. The molecule has 0 bridgehead atoms. The number of anilines is 2. The van der Waals surface area contributed by atoms with Gasteiger partial charge in [-0.05, 0) is 74.2 Å². The molecule has 3 aromatic rings. The molecule has 158 valence electrons. The molecule has 0 fully saturated rings. The first-order chi connectivity index (χ1) is 14.9. The standard InChI is InChI=1S/C25H24N2O3S/c1-17-7-9-19(10-8-17)25(28)26-14-13-21-16-22(11-12-23(21)26)31(29,30)27-18(2)15-20-5-3-4-6-24(20)27/h3-12,16,18H,13-15H2,1-2H3/t18-/m0/s1. The van der Waals surface area contributed by atoms with Crippen LogP contribution in [0.1, 0.15) is 34.0 Å². The quantitative estimate of drug-likeness (QED) is 0.619. The third-order valence-corrected chi connectivity index (χ3v) is 8.12. The van der Waals surface area contributed by atoms with E-state index in [2.05, 4.69) is 0 Å². The zero-order valence-corrected chi connectivity index (χ0v) is 18.4. The lowest BCUT2D eigenvalue weighted by molar-refractivity contribution is 0.0989. The highest BCUT2D eigenvalue weighted by Crippen LogP contribution is 2.38. The first kappa shape index (κ1) is 19.8. The van der Waals surface area contributed by atoms with Crippen LogP contribution >= 0.6 is 0 Å². The van der Waals surface area contributed by atoms with E-state index in [1.54, 1.807) is 23.1 Å². The maximum absolute atomic E-state index is 13.5. The summed E-state index contributed by atoms with van der Waals surface area (Å²) >= 11 is 0. The van der Waals surface area contributed by atoms with Gasteiger partial charge in [-0.15, -0.1) is 0 Å². The van der Waals surface area contributed by atoms with Crippen molar-refractivity contribution in [3.63, 3.8) is 0 Å². The summed E-state index contributed by atoms with van der Waals surface area (Å²) in [6.45, 7) is 4.47. The lowest BCUT2D eigenvalue weighted by Crippen LogP contribution is -2.35. The summed E-state index contributed by atoms with van der Waals surface area (Å²) in [7, 11) is -3.69. The van der Waals surface area contributed by atoms with Crippen molar-refractivity contribution in [2.24, 2.45) is 0 Å². The van der Waals surface area contributed by atoms with Crippen molar-refractivity contribution >= 4 is 27.3 Å². The largest absolute Gasteiger partial charge is 0.308 e. The topological polar surface area (TPSA) is 57.7 Å². The maximum Gasteiger partial charge on any atom is 0.264 e. The molecule has 1 atom stereocenters. The summed E-state index contributed by atoms with van der Waals surface area (Å²) in [5, 5.41) is 0. The van der Waals surface area contributed by atoms with Crippen molar-refractivity contribution in [2.75, 3.05) is 15.7 Å². The van der Waals surface area contributed by atoms with Crippen molar-refractivity contribution in [3.05, 3.63) is 89.0 Å². The Balaban J connectivity index is 1.47. The molecule has 0 aromatic heterocycles.